The van der Waals surface area contributed by atoms with Crippen LogP contribution in [0.2, 0.25) is 0 Å². The summed E-state index contributed by atoms with van der Waals surface area (Å²) in [6.45, 7) is 2.06. The molecule has 0 bridgehead atoms. The molecule has 5 rings (SSSR count). The van der Waals surface area contributed by atoms with Gasteiger partial charge < -0.3 is 19.9 Å². The zero-order valence-electron chi connectivity index (χ0n) is 14.4. The highest BCUT2D eigenvalue weighted by Crippen LogP contribution is 2.41. The monoisotopic (exact) mass is 369 g/mol. The van der Waals surface area contributed by atoms with E-state index in [1.54, 1.807) is 0 Å². The van der Waals surface area contributed by atoms with Gasteiger partial charge in [-0.15, -0.1) is 11.3 Å². The van der Waals surface area contributed by atoms with E-state index in [2.05, 4.69) is 15.2 Å². The summed E-state index contributed by atoms with van der Waals surface area (Å²) < 4.78 is 6.95. The molecule has 0 radical (unpaired) electrons. The number of aromatic amines is 1. The molecule has 2 aromatic rings. The summed E-state index contributed by atoms with van der Waals surface area (Å²) in [5.41, 5.74) is 2.20. The molecule has 7 heteroatoms. The van der Waals surface area contributed by atoms with Gasteiger partial charge in [0.05, 0.1) is 22.3 Å². The number of fused-ring (bicyclic) bond motifs is 1. The van der Waals surface area contributed by atoms with Gasteiger partial charge in [-0.25, -0.2) is 0 Å². The number of thiazole rings is 1. The lowest BCUT2D eigenvalue weighted by Gasteiger charge is -2.27. The first-order valence-corrected chi connectivity index (χ1v) is 9.59. The van der Waals surface area contributed by atoms with Crippen LogP contribution in [0.15, 0.2) is 23.0 Å². The number of H-pyrrole nitrogens is 1. The Bertz CT molecular complexity index is 1090. The third-order valence-electron chi connectivity index (χ3n) is 5.38. The lowest BCUT2D eigenvalue weighted by molar-refractivity contribution is -0.115. The number of hydrogen-bond donors (Lipinski definition) is 2. The lowest BCUT2D eigenvalue weighted by atomic mass is 10.1. The Balaban J connectivity index is 1.58. The largest absolute Gasteiger partial charge is 0.490 e. The normalized spacial score (nSPS) is 23.3. The molecule has 1 saturated carbocycles. The van der Waals surface area contributed by atoms with Gasteiger partial charge in [0.1, 0.15) is 17.0 Å². The quantitative estimate of drug-likeness (QED) is 0.737. The molecule has 0 unspecified atom stereocenters. The topological polar surface area (TPSA) is 74.4 Å². The predicted octanol–water partition coefficient (Wildman–Crippen LogP) is -0.0506. The van der Waals surface area contributed by atoms with E-state index in [1.165, 1.54) is 11.3 Å². The Kier molecular flexibility index (Phi) is 3.39. The lowest BCUT2D eigenvalue weighted by Crippen LogP contribution is -2.29. The maximum Gasteiger partial charge on any atom is 0.266 e. The van der Waals surface area contributed by atoms with Gasteiger partial charge >= 0.3 is 0 Å². The second kappa shape index (κ2) is 5.56. The van der Waals surface area contributed by atoms with E-state index in [4.69, 9.17) is 4.74 Å². The number of rotatable bonds is 1. The Labute approximate surface area is 153 Å². The van der Waals surface area contributed by atoms with Gasteiger partial charge in [0.15, 0.2) is 5.78 Å². The summed E-state index contributed by atoms with van der Waals surface area (Å²) in [6, 6.07) is 5.92. The average molecular weight is 369 g/mol. The number of hydrogen-bond acceptors (Lipinski definition) is 6. The molecule has 1 spiro atoms. The van der Waals surface area contributed by atoms with Crippen LogP contribution in [0.4, 0.5) is 5.69 Å². The van der Waals surface area contributed by atoms with E-state index in [0.717, 1.165) is 36.4 Å². The Morgan fingerprint density at radius 1 is 1.31 bits per heavy atom. The van der Waals surface area contributed by atoms with E-state index in [-0.39, 0.29) is 16.9 Å². The number of nitrogens with one attached hydrogen (secondary N) is 2. The van der Waals surface area contributed by atoms with Crippen LogP contribution >= 0.6 is 11.3 Å². The minimum Gasteiger partial charge on any atom is -0.490 e. The van der Waals surface area contributed by atoms with E-state index in [0.29, 0.717) is 27.9 Å². The van der Waals surface area contributed by atoms with Gasteiger partial charge in [0, 0.05) is 19.2 Å². The van der Waals surface area contributed by atoms with Crippen molar-refractivity contribution in [2.24, 2.45) is 0 Å². The number of Topliss-reactive ketones (excluding diaryl/α,β-unsaturated/α-hetero) is 1. The first-order chi connectivity index (χ1) is 12.6. The Hall–Kier alpha value is -2.38. The number of ketones is 1. The van der Waals surface area contributed by atoms with Crippen LogP contribution in [-0.2, 0) is 4.79 Å². The van der Waals surface area contributed by atoms with Crippen LogP contribution in [0.25, 0.3) is 11.6 Å². The molecule has 1 aliphatic carbocycles. The summed E-state index contributed by atoms with van der Waals surface area (Å²) in [5.74, 6) is 1.01. The fourth-order valence-corrected chi connectivity index (χ4v) is 4.60. The van der Waals surface area contributed by atoms with E-state index in [9.17, 15) is 9.59 Å². The highest BCUT2D eigenvalue weighted by atomic mass is 32.1. The van der Waals surface area contributed by atoms with Crippen LogP contribution in [0, 0.1) is 0 Å². The average Bonchev–Trinajstić information content (AvgIpc) is 3.24. The molecule has 3 heterocycles. The first kappa shape index (κ1) is 15.8. The Morgan fingerprint density at radius 3 is 2.92 bits per heavy atom. The summed E-state index contributed by atoms with van der Waals surface area (Å²) in [7, 11) is 2.03. The van der Waals surface area contributed by atoms with Gasteiger partial charge in [0.25, 0.3) is 5.56 Å². The van der Waals surface area contributed by atoms with Gasteiger partial charge in [0.2, 0.25) is 0 Å². The van der Waals surface area contributed by atoms with Crippen molar-refractivity contribution in [1.82, 2.24) is 10.3 Å². The second-order valence-electron chi connectivity index (χ2n) is 7.13. The minimum atomic E-state index is -0.330. The van der Waals surface area contributed by atoms with Gasteiger partial charge in [-0.2, -0.15) is 0 Å². The van der Waals surface area contributed by atoms with Crippen molar-refractivity contribution < 1.29 is 9.53 Å². The molecule has 6 nitrogen and oxygen atoms in total. The van der Waals surface area contributed by atoms with Crippen molar-refractivity contribution in [3.8, 4) is 5.75 Å². The number of aromatic nitrogens is 1. The second-order valence-corrected chi connectivity index (χ2v) is 8.19. The van der Waals surface area contributed by atoms with E-state index >= 15 is 0 Å². The zero-order valence-corrected chi connectivity index (χ0v) is 15.2. The first-order valence-electron chi connectivity index (χ1n) is 8.78. The summed E-state index contributed by atoms with van der Waals surface area (Å²) >= 11 is 1.36. The highest BCUT2D eigenvalue weighted by Gasteiger charge is 2.54. The van der Waals surface area contributed by atoms with Crippen LogP contribution in [-0.4, -0.2) is 43.1 Å². The molecule has 2 N–H and O–H groups in total. The highest BCUT2D eigenvalue weighted by molar-refractivity contribution is 7.07. The summed E-state index contributed by atoms with van der Waals surface area (Å²) in [6.07, 6.45) is 3.67. The van der Waals surface area contributed by atoms with E-state index in [1.807, 2.05) is 31.3 Å². The van der Waals surface area contributed by atoms with Crippen molar-refractivity contribution in [3.05, 3.63) is 43.3 Å². The van der Waals surface area contributed by atoms with Crippen molar-refractivity contribution in [2.45, 2.75) is 18.4 Å². The fourth-order valence-electron chi connectivity index (χ4n) is 3.61. The standard InChI is InChI=1S/C19H19N3O3S/c1-22-6-7-25-14-3-2-11(8-13(14)22)9-15-17(24)21-18(26-15)12-10-20-19(4-5-19)16(12)23/h2-3,8-9,20H,4-7,10H2,1H3,(H,21,24)/b15-9-,18-12+. The number of nitrogens with zero attached hydrogens (tertiary/aromatic N) is 1. The van der Waals surface area contributed by atoms with Crippen molar-refractivity contribution in [3.63, 3.8) is 0 Å². The summed E-state index contributed by atoms with van der Waals surface area (Å²) in [5, 5.41) is 3.29. The number of carbonyl (C=O) groups is 1. The molecule has 1 saturated heterocycles. The molecule has 134 valence electrons. The molecule has 0 atom stereocenters. The van der Waals surface area contributed by atoms with Crippen LogP contribution in [0.3, 0.4) is 0 Å². The van der Waals surface area contributed by atoms with E-state index < -0.39 is 0 Å². The zero-order chi connectivity index (χ0) is 17.9. The van der Waals surface area contributed by atoms with Crippen LogP contribution < -0.4 is 29.7 Å². The van der Waals surface area contributed by atoms with Crippen molar-refractivity contribution in [2.75, 3.05) is 31.6 Å². The number of ether oxygens (including phenoxy) is 1. The molecule has 26 heavy (non-hydrogen) atoms. The number of carbonyl (C=O) groups excluding carboxylic acids is 1. The minimum absolute atomic E-state index is 0.147. The molecular weight excluding hydrogens is 350 g/mol. The Morgan fingerprint density at radius 2 is 2.15 bits per heavy atom. The third-order valence-corrected chi connectivity index (χ3v) is 6.45. The molecule has 1 aromatic carbocycles. The van der Waals surface area contributed by atoms with Gasteiger partial charge in [-0.3, -0.25) is 9.59 Å². The third kappa shape index (κ3) is 2.42. The molecule has 0 amide bonds. The maximum atomic E-state index is 12.5. The van der Waals surface area contributed by atoms with Crippen molar-refractivity contribution >= 4 is 34.5 Å². The van der Waals surface area contributed by atoms with Crippen LogP contribution in [0.5, 0.6) is 5.75 Å². The van der Waals surface area contributed by atoms with Gasteiger partial charge in [-0.05, 0) is 36.6 Å². The molecule has 1 aromatic heterocycles. The molecule has 3 aliphatic rings. The number of anilines is 1. The van der Waals surface area contributed by atoms with Crippen molar-refractivity contribution in [1.29, 1.82) is 0 Å². The molecule has 2 aliphatic heterocycles. The fraction of sp³-hybridized carbons (Fsp3) is 0.368. The predicted molar refractivity (Wildman–Crippen MR) is 101 cm³/mol. The van der Waals surface area contributed by atoms with Crippen LogP contribution in [0.1, 0.15) is 18.4 Å². The number of likely N-dealkylation sites (N-methyl/N-ethyl adjacent to an activating group) is 1. The SMILES string of the molecule is CN1CCOc2ccc(/C=c3\s/c(=C4\CNC5(CC5)C4=O)[nH]c3=O)cc21. The smallest absolute Gasteiger partial charge is 0.266 e. The summed E-state index contributed by atoms with van der Waals surface area (Å²) in [4.78, 5) is 29.9. The molecular formula is C19H19N3O3S. The van der Waals surface area contributed by atoms with Gasteiger partial charge in [-0.1, -0.05) is 6.07 Å². The number of benzene rings is 1. The maximum absolute atomic E-state index is 12.5. The molecule has 2 fully saturated rings.